The van der Waals surface area contributed by atoms with Crippen molar-refractivity contribution >= 4 is 11.8 Å². The van der Waals surface area contributed by atoms with Crippen LogP contribution in [0.1, 0.15) is 39.5 Å². The van der Waals surface area contributed by atoms with Gasteiger partial charge in [-0.3, -0.25) is 0 Å². The van der Waals surface area contributed by atoms with E-state index in [2.05, 4.69) is 18.7 Å². The minimum Gasteiger partial charge on any atom is -0.230 e. The molecule has 11 heavy (non-hydrogen) atoms. The monoisotopic (exact) mass is 175 g/mol. The number of hydrogen-bond donors (Lipinski definition) is 1. The second kappa shape index (κ2) is 4.32. The molecule has 0 aliphatic heterocycles. The summed E-state index contributed by atoms with van der Waals surface area (Å²) >= 11 is 5.67. The highest BCUT2D eigenvalue weighted by Crippen LogP contribution is 2.30. The molecule has 0 radical (unpaired) electrons. The Bertz CT molecular complexity index is 114. The minimum absolute atomic E-state index is 0.561. The molecule has 1 N–H and O–H groups in total. The van der Waals surface area contributed by atoms with E-state index in [9.17, 15) is 0 Å². The molecule has 0 spiro atoms. The zero-order chi connectivity index (χ0) is 8.27. The van der Waals surface area contributed by atoms with Crippen molar-refractivity contribution < 1.29 is 0 Å². The second-order valence-electron chi connectivity index (χ2n) is 3.91. The van der Waals surface area contributed by atoms with Gasteiger partial charge >= 0.3 is 0 Å². The van der Waals surface area contributed by atoms with E-state index in [4.69, 9.17) is 11.8 Å². The van der Waals surface area contributed by atoms with Gasteiger partial charge in [0.25, 0.3) is 0 Å². The largest absolute Gasteiger partial charge is 0.230 e. The van der Waals surface area contributed by atoms with Gasteiger partial charge in [-0.25, -0.2) is 4.84 Å². The Balaban J connectivity index is 2.44. The average Bonchev–Trinajstić information content (AvgIpc) is 2.04. The van der Waals surface area contributed by atoms with Crippen LogP contribution in [0.4, 0.5) is 0 Å². The lowest BCUT2D eigenvalue weighted by Gasteiger charge is -2.33. The topological polar surface area (TPSA) is 12.0 Å². The zero-order valence-corrected chi connectivity index (χ0v) is 8.19. The van der Waals surface area contributed by atoms with Gasteiger partial charge in [-0.2, -0.15) is 0 Å². The third-order valence-corrected chi connectivity index (χ3v) is 3.10. The fourth-order valence-corrected chi connectivity index (χ4v) is 2.36. The van der Waals surface area contributed by atoms with Crippen molar-refractivity contribution in [3.63, 3.8) is 0 Å². The third kappa shape index (κ3) is 2.34. The number of nitrogens with one attached hydrogen (secondary N) is 1. The lowest BCUT2D eigenvalue weighted by atomic mass is 9.78. The summed E-state index contributed by atoms with van der Waals surface area (Å²) in [5.41, 5.74) is 0. The molecule has 0 aromatic heterocycles. The molecular weight excluding hydrogens is 158 g/mol. The fraction of sp³-hybridized carbons (Fsp3) is 1.00. The first-order valence-corrected chi connectivity index (χ1v) is 4.99. The van der Waals surface area contributed by atoms with Crippen LogP contribution >= 0.6 is 11.8 Å². The molecule has 1 rings (SSSR count). The lowest BCUT2D eigenvalue weighted by Crippen LogP contribution is -2.36. The molecule has 1 fully saturated rings. The summed E-state index contributed by atoms with van der Waals surface area (Å²) in [6, 6.07) is 0.561. The summed E-state index contributed by atoms with van der Waals surface area (Å²) < 4.78 is 0. The smallest absolute Gasteiger partial charge is 0.0251 e. The quantitative estimate of drug-likeness (QED) is 0.637. The van der Waals surface area contributed by atoms with Crippen LogP contribution in [0.25, 0.3) is 0 Å². The Morgan fingerprint density at radius 3 is 2.36 bits per heavy atom. The maximum atomic E-state index is 5.67. The standard InChI is InChI=1S/C9H18ClN/c1-7(2)8-5-3-4-6-9(8)11-10/h7-9,11H,3-6H2,1-2H3/t8-,9+/m0/s1. The molecule has 1 saturated carbocycles. The average molecular weight is 176 g/mol. The van der Waals surface area contributed by atoms with Gasteiger partial charge in [-0.15, -0.1) is 0 Å². The Labute approximate surface area is 74.6 Å². The Kier molecular flexibility index (Phi) is 3.67. The molecule has 2 atom stereocenters. The number of hydrogen-bond acceptors (Lipinski definition) is 1. The van der Waals surface area contributed by atoms with E-state index in [1.807, 2.05) is 0 Å². The van der Waals surface area contributed by atoms with Crippen LogP contribution < -0.4 is 4.84 Å². The predicted octanol–water partition coefficient (Wildman–Crippen LogP) is 2.94. The Morgan fingerprint density at radius 1 is 1.27 bits per heavy atom. The van der Waals surface area contributed by atoms with Crippen LogP contribution in [-0.4, -0.2) is 6.04 Å². The molecule has 0 unspecified atom stereocenters. The van der Waals surface area contributed by atoms with Crippen molar-refractivity contribution in [2.45, 2.75) is 45.6 Å². The van der Waals surface area contributed by atoms with Gasteiger partial charge in [0, 0.05) is 6.04 Å². The van der Waals surface area contributed by atoms with Gasteiger partial charge in [0.2, 0.25) is 0 Å². The summed E-state index contributed by atoms with van der Waals surface area (Å²) in [7, 11) is 0. The maximum absolute atomic E-state index is 5.67. The van der Waals surface area contributed by atoms with Crippen molar-refractivity contribution in [2.24, 2.45) is 11.8 Å². The molecule has 1 nitrogen and oxygen atoms in total. The fourth-order valence-electron chi connectivity index (χ4n) is 2.09. The summed E-state index contributed by atoms with van der Waals surface area (Å²) in [4.78, 5) is 2.91. The third-order valence-electron chi connectivity index (χ3n) is 2.82. The highest BCUT2D eigenvalue weighted by molar-refractivity contribution is 6.13. The minimum atomic E-state index is 0.561. The normalized spacial score (nSPS) is 32.7. The SMILES string of the molecule is CC(C)[C@@H]1CCCC[C@H]1NCl. The summed E-state index contributed by atoms with van der Waals surface area (Å²) in [6.45, 7) is 4.58. The molecule has 0 bridgehead atoms. The van der Waals surface area contributed by atoms with Crippen LogP contribution in [0.3, 0.4) is 0 Å². The number of rotatable bonds is 2. The van der Waals surface area contributed by atoms with Crippen LogP contribution in [0.15, 0.2) is 0 Å². The molecule has 0 heterocycles. The second-order valence-corrected chi connectivity index (χ2v) is 4.13. The molecular formula is C9H18ClN. The number of halogens is 1. The van der Waals surface area contributed by atoms with Crippen LogP contribution in [0, 0.1) is 11.8 Å². The predicted molar refractivity (Wildman–Crippen MR) is 49.6 cm³/mol. The van der Waals surface area contributed by atoms with Crippen LogP contribution in [0.5, 0.6) is 0 Å². The van der Waals surface area contributed by atoms with Gasteiger partial charge in [-0.1, -0.05) is 26.7 Å². The van der Waals surface area contributed by atoms with E-state index in [1.165, 1.54) is 25.7 Å². The molecule has 0 amide bonds. The maximum Gasteiger partial charge on any atom is 0.0251 e. The first-order chi connectivity index (χ1) is 5.25. The van der Waals surface area contributed by atoms with E-state index in [1.54, 1.807) is 0 Å². The van der Waals surface area contributed by atoms with E-state index in [0.717, 1.165) is 11.8 Å². The summed E-state index contributed by atoms with van der Waals surface area (Å²) in [5.74, 6) is 1.56. The molecule has 0 aromatic rings. The van der Waals surface area contributed by atoms with Crippen molar-refractivity contribution in [2.75, 3.05) is 0 Å². The molecule has 0 aromatic carbocycles. The van der Waals surface area contributed by atoms with Crippen LogP contribution in [-0.2, 0) is 0 Å². The molecule has 2 heteroatoms. The Morgan fingerprint density at radius 2 is 1.91 bits per heavy atom. The lowest BCUT2D eigenvalue weighted by molar-refractivity contribution is 0.228. The van der Waals surface area contributed by atoms with E-state index in [0.29, 0.717) is 6.04 Å². The van der Waals surface area contributed by atoms with Gasteiger partial charge in [0.1, 0.15) is 0 Å². The van der Waals surface area contributed by atoms with Gasteiger partial charge in [0.05, 0.1) is 0 Å². The molecule has 0 saturated heterocycles. The highest BCUT2D eigenvalue weighted by atomic mass is 35.5. The van der Waals surface area contributed by atoms with Crippen molar-refractivity contribution in [1.82, 2.24) is 4.84 Å². The van der Waals surface area contributed by atoms with Gasteiger partial charge in [0.15, 0.2) is 0 Å². The Hall–Kier alpha value is 0.250. The van der Waals surface area contributed by atoms with Crippen molar-refractivity contribution in [3.05, 3.63) is 0 Å². The van der Waals surface area contributed by atoms with E-state index in [-0.39, 0.29) is 0 Å². The first-order valence-electron chi connectivity index (χ1n) is 4.62. The van der Waals surface area contributed by atoms with Gasteiger partial charge < -0.3 is 0 Å². The van der Waals surface area contributed by atoms with Crippen LogP contribution in [0.2, 0.25) is 0 Å². The summed E-state index contributed by atoms with van der Waals surface area (Å²) in [5, 5.41) is 0. The summed E-state index contributed by atoms with van der Waals surface area (Å²) in [6.07, 6.45) is 5.33. The molecule has 1 aliphatic carbocycles. The van der Waals surface area contributed by atoms with Gasteiger partial charge in [-0.05, 0) is 36.5 Å². The highest BCUT2D eigenvalue weighted by Gasteiger charge is 2.26. The van der Waals surface area contributed by atoms with E-state index >= 15 is 0 Å². The van der Waals surface area contributed by atoms with E-state index < -0.39 is 0 Å². The zero-order valence-electron chi connectivity index (χ0n) is 7.44. The van der Waals surface area contributed by atoms with Crippen molar-refractivity contribution in [3.8, 4) is 0 Å². The molecule has 66 valence electrons. The van der Waals surface area contributed by atoms with Crippen molar-refractivity contribution in [1.29, 1.82) is 0 Å². The molecule has 1 aliphatic rings. The first kappa shape index (κ1) is 9.34.